The summed E-state index contributed by atoms with van der Waals surface area (Å²) in [7, 11) is 0. The standard InChI is InChI=1S/C28H29Cl2N3O3/c1-18-5-7-19(8-6-18)9-11-24(33-27(34)26-22(29)3-2-4-23(26)30)28(35)36-25-12-10-21(17-32-25)20-13-15-31-16-14-20/h2-8,10,12-13,17,24-25,31-32H,9,11,14-16H2,1H3,(H,33,34)/t24-,25+/m0/s1. The first-order chi connectivity index (χ1) is 17.4. The van der Waals surface area contributed by atoms with Gasteiger partial charge in [0.05, 0.1) is 15.6 Å². The minimum absolute atomic E-state index is 0.132. The summed E-state index contributed by atoms with van der Waals surface area (Å²) < 4.78 is 5.70. The highest BCUT2D eigenvalue weighted by Gasteiger charge is 2.27. The highest BCUT2D eigenvalue weighted by Crippen LogP contribution is 2.25. The molecule has 0 bridgehead atoms. The summed E-state index contributed by atoms with van der Waals surface area (Å²) in [5.41, 5.74) is 4.66. The van der Waals surface area contributed by atoms with E-state index in [1.807, 2.05) is 43.5 Å². The topological polar surface area (TPSA) is 79.5 Å². The van der Waals surface area contributed by atoms with Crippen LogP contribution in [0.2, 0.25) is 10.0 Å². The maximum atomic E-state index is 13.2. The van der Waals surface area contributed by atoms with Gasteiger partial charge in [0, 0.05) is 12.7 Å². The second kappa shape index (κ2) is 12.3. The Morgan fingerprint density at radius 3 is 2.53 bits per heavy atom. The van der Waals surface area contributed by atoms with Crippen LogP contribution in [0.25, 0.3) is 0 Å². The molecule has 4 rings (SSSR count). The number of ether oxygens (including phenoxy) is 1. The van der Waals surface area contributed by atoms with Crippen molar-refractivity contribution in [2.24, 2.45) is 0 Å². The van der Waals surface area contributed by atoms with Crippen molar-refractivity contribution < 1.29 is 14.3 Å². The van der Waals surface area contributed by atoms with Gasteiger partial charge in [0.25, 0.3) is 5.91 Å². The summed E-state index contributed by atoms with van der Waals surface area (Å²) in [4.78, 5) is 26.2. The van der Waals surface area contributed by atoms with Gasteiger partial charge in [0.1, 0.15) is 6.04 Å². The molecular formula is C28H29Cl2N3O3. The van der Waals surface area contributed by atoms with Gasteiger partial charge in [0.15, 0.2) is 6.23 Å². The number of rotatable bonds is 8. The minimum Gasteiger partial charge on any atom is -0.437 e. The maximum Gasteiger partial charge on any atom is 0.330 e. The summed E-state index contributed by atoms with van der Waals surface area (Å²) in [5.74, 6) is -1.07. The second-order valence-corrected chi connectivity index (χ2v) is 9.63. The molecule has 0 spiro atoms. The summed E-state index contributed by atoms with van der Waals surface area (Å²) in [6.45, 7) is 3.80. The summed E-state index contributed by atoms with van der Waals surface area (Å²) in [5, 5.41) is 9.63. The molecule has 0 radical (unpaired) electrons. The van der Waals surface area contributed by atoms with Crippen LogP contribution in [0.3, 0.4) is 0 Å². The molecule has 36 heavy (non-hydrogen) atoms. The van der Waals surface area contributed by atoms with E-state index in [9.17, 15) is 9.59 Å². The van der Waals surface area contributed by atoms with Crippen molar-refractivity contribution in [2.45, 2.75) is 38.5 Å². The van der Waals surface area contributed by atoms with Crippen molar-refractivity contribution in [1.82, 2.24) is 16.0 Å². The predicted octanol–water partition coefficient (Wildman–Crippen LogP) is 4.87. The van der Waals surface area contributed by atoms with E-state index < -0.39 is 24.1 Å². The van der Waals surface area contributed by atoms with Gasteiger partial charge >= 0.3 is 5.97 Å². The van der Waals surface area contributed by atoms with E-state index in [1.54, 1.807) is 24.3 Å². The van der Waals surface area contributed by atoms with Crippen molar-refractivity contribution >= 4 is 35.1 Å². The van der Waals surface area contributed by atoms with Crippen molar-refractivity contribution in [3.05, 3.63) is 105 Å². The first-order valence-corrected chi connectivity index (χ1v) is 12.7. The molecule has 0 unspecified atom stereocenters. The third kappa shape index (κ3) is 6.78. The molecule has 0 saturated heterocycles. The van der Waals surface area contributed by atoms with Crippen LogP contribution in [-0.4, -0.2) is 37.2 Å². The number of amides is 1. The number of allylic oxidation sites excluding steroid dienone is 2. The van der Waals surface area contributed by atoms with Gasteiger partial charge in [-0.2, -0.15) is 0 Å². The molecule has 2 aromatic carbocycles. The fraction of sp³-hybridized carbons (Fsp3) is 0.286. The third-order valence-corrected chi connectivity index (χ3v) is 6.78. The molecule has 188 valence electrons. The van der Waals surface area contributed by atoms with Gasteiger partial charge in [0.2, 0.25) is 0 Å². The maximum absolute atomic E-state index is 13.2. The number of nitrogens with one attached hydrogen (secondary N) is 3. The van der Waals surface area contributed by atoms with Gasteiger partial charge in [-0.15, -0.1) is 0 Å². The molecule has 2 aliphatic heterocycles. The molecule has 2 aromatic rings. The van der Waals surface area contributed by atoms with E-state index >= 15 is 0 Å². The third-order valence-electron chi connectivity index (χ3n) is 6.15. The van der Waals surface area contributed by atoms with Crippen LogP contribution in [0, 0.1) is 6.92 Å². The van der Waals surface area contributed by atoms with Crippen LogP contribution in [-0.2, 0) is 16.0 Å². The number of dihydropyridines is 1. The molecule has 3 N–H and O–H groups in total. The summed E-state index contributed by atoms with van der Waals surface area (Å²) >= 11 is 12.4. The van der Waals surface area contributed by atoms with Crippen molar-refractivity contribution in [3.8, 4) is 0 Å². The van der Waals surface area contributed by atoms with Gasteiger partial charge in [-0.05, 0) is 67.6 Å². The van der Waals surface area contributed by atoms with Gasteiger partial charge in [-0.25, -0.2) is 4.79 Å². The Morgan fingerprint density at radius 1 is 1.14 bits per heavy atom. The van der Waals surface area contributed by atoms with Crippen molar-refractivity contribution in [3.63, 3.8) is 0 Å². The highest BCUT2D eigenvalue weighted by molar-refractivity contribution is 6.39. The lowest BCUT2D eigenvalue weighted by Gasteiger charge is -2.24. The van der Waals surface area contributed by atoms with E-state index in [0.29, 0.717) is 12.8 Å². The van der Waals surface area contributed by atoms with Gasteiger partial charge in [-0.1, -0.05) is 71.2 Å². The van der Waals surface area contributed by atoms with Crippen molar-refractivity contribution in [2.75, 3.05) is 13.1 Å². The Labute approximate surface area is 221 Å². The largest absolute Gasteiger partial charge is 0.437 e. The van der Waals surface area contributed by atoms with E-state index in [1.165, 1.54) is 5.57 Å². The smallest absolute Gasteiger partial charge is 0.330 e. The molecule has 2 heterocycles. The molecule has 1 amide bonds. The number of carbonyl (C=O) groups excluding carboxylic acids is 2. The average Bonchev–Trinajstić information content (AvgIpc) is 2.88. The lowest BCUT2D eigenvalue weighted by atomic mass is 9.99. The van der Waals surface area contributed by atoms with Crippen LogP contribution in [0.4, 0.5) is 0 Å². The highest BCUT2D eigenvalue weighted by atomic mass is 35.5. The Hall–Kier alpha value is -3.06. The minimum atomic E-state index is -0.890. The normalized spacial score (nSPS) is 17.9. The second-order valence-electron chi connectivity index (χ2n) is 8.81. The van der Waals surface area contributed by atoms with Crippen LogP contribution < -0.4 is 16.0 Å². The zero-order valence-corrected chi connectivity index (χ0v) is 21.5. The quantitative estimate of drug-likeness (QED) is 0.428. The van der Waals surface area contributed by atoms with E-state index in [2.05, 4.69) is 22.0 Å². The van der Waals surface area contributed by atoms with Crippen molar-refractivity contribution in [1.29, 1.82) is 0 Å². The SMILES string of the molecule is Cc1ccc(CC[C@H](NC(=O)c2c(Cl)cccc2Cl)C(=O)O[C@@H]2C=CC(C3=CCNCC3)=CN2)cc1. The summed E-state index contributed by atoms with van der Waals surface area (Å²) in [6.07, 6.45) is 9.02. The average molecular weight is 526 g/mol. The molecule has 2 aliphatic rings. The number of esters is 1. The first-order valence-electron chi connectivity index (χ1n) is 12.0. The molecule has 8 heteroatoms. The monoisotopic (exact) mass is 525 g/mol. The fourth-order valence-electron chi connectivity index (χ4n) is 4.09. The lowest BCUT2D eigenvalue weighted by Crippen LogP contribution is -2.45. The fourth-order valence-corrected chi connectivity index (χ4v) is 4.66. The number of halogens is 2. The number of hydrogen-bond donors (Lipinski definition) is 3. The Kier molecular flexibility index (Phi) is 8.86. The summed E-state index contributed by atoms with van der Waals surface area (Å²) in [6, 6.07) is 12.0. The molecular weight excluding hydrogens is 497 g/mol. The van der Waals surface area contributed by atoms with Crippen LogP contribution in [0.5, 0.6) is 0 Å². The molecule has 0 saturated carbocycles. The van der Waals surface area contributed by atoms with Crippen LogP contribution >= 0.6 is 23.2 Å². The van der Waals surface area contributed by atoms with Gasteiger partial charge in [-0.3, -0.25) is 4.79 Å². The Balaban J connectivity index is 1.44. The zero-order chi connectivity index (χ0) is 25.5. The van der Waals surface area contributed by atoms with Gasteiger partial charge < -0.3 is 20.7 Å². The molecule has 2 atom stereocenters. The molecule has 0 aromatic heterocycles. The Bertz CT molecular complexity index is 1180. The first kappa shape index (κ1) is 26.0. The zero-order valence-electron chi connectivity index (χ0n) is 20.0. The number of aryl methyl sites for hydroxylation is 2. The molecule has 6 nitrogen and oxygen atoms in total. The Morgan fingerprint density at radius 2 is 1.89 bits per heavy atom. The number of hydrogen-bond acceptors (Lipinski definition) is 5. The lowest BCUT2D eigenvalue weighted by molar-refractivity contribution is -0.150. The molecule has 0 fully saturated rings. The van der Waals surface area contributed by atoms with E-state index in [-0.39, 0.29) is 15.6 Å². The number of carbonyl (C=O) groups is 2. The predicted molar refractivity (Wildman–Crippen MR) is 143 cm³/mol. The van der Waals surface area contributed by atoms with Crippen LogP contribution in [0.1, 0.15) is 34.3 Å². The van der Waals surface area contributed by atoms with E-state index in [0.717, 1.165) is 36.2 Å². The number of benzene rings is 2. The van der Waals surface area contributed by atoms with Crippen LogP contribution in [0.15, 0.2) is 78.0 Å². The molecule has 0 aliphatic carbocycles. The van der Waals surface area contributed by atoms with E-state index in [4.69, 9.17) is 27.9 Å².